The first-order chi connectivity index (χ1) is 9.85. The molecule has 3 rings (SSSR count). The van der Waals surface area contributed by atoms with Crippen molar-refractivity contribution in [3.8, 4) is 0 Å². The fourth-order valence-corrected chi connectivity index (χ4v) is 2.71. The molecule has 2 heterocycles. The average Bonchev–Trinajstić information content (AvgIpc) is 2.87. The van der Waals surface area contributed by atoms with Crippen LogP contribution in [-0.2, 0) is 26.2 Å². The number of nitrogens with one attached hydrogen (secondary N) is 1. The normalized spacial score (nSPS) is 14.4. The van der Waals surface area contributed by atoms with Gasteiger partial charge in [-0.1, -0.05) is 37.3 Å². The molecule has 0 radical (unpaired) electrons. The minimum atomic E-state index is 0.852. The summed E-state index contributed by atoms with van der Waals surface area (Å²) in [5.74, 6) is 0. The Morgan fingerprint density at radius 1 is 1.00 bits per heavy atom. The molecule has 0 atom stereocenters. The second-order valence-electron chi connectivity index (χ2n) is 5.31. The molecule has 20 heavy (non-hydrogen) atoms. The summed E-state index contributed by atoms with van der Waals surface area (Å²) in [6, 6.07) is 15.0. The van der Waals surface area contributed by atoms with Crippen LogP contribution >= 0.6 is 0 Å². The van der Waals surface area contributed by atoms with Gasteiger partial charge in [0.15, 0.2) is 0 Å². The van der Waals surface area contributed by atoms with E-state index in [2.05, 4.69) is 59.6 Å². The molecule has 1 N–H and O–H groups in total. The molecule has 3 nitrogen and oxygen atoms in total. The summed E-state index contributed by atoms with van der Waals surface area (Å²) in [5, 5.41) is 3.32. The molecule has 0 saturated carbocycles. The van der Waals surface area contributed by atoms with Crippen LogP contribution in [0.15, 0.2) is 42.5 Å². The second-order valence-corrected chi connectivity index (χ2v) is 5.31. The number of hydrogen-bond donors (Lipinski definition) is 1. The molecule has 0 amide bonds. The van der Waals surface area contributed by atoms with E-state index in [4.69, 9.17) is 4.98 Å². The van der Waals surface area contributed by atoms with E-state index >= 15 is 0 Å². The zero-order chi connectivity index (χ0) is 13.8. The lowest BCUT2D eigenvalue weighted by Crippen LogP contribution is -2.18. The molecule has 0 aliphatic carbocycles. The molecule has 3 heteroatoms. The van der Waals surface area contributed by atoms with Crippen LogP contribution in [0.5, 0.6) is 0 Å². The maximum atomic E-state index is 4.73. The quantitative estimate of drug-likeness (QED) is 0.903. The molecule has 0 fully saturated rings. The molecule has 104 valence electrons. The molecular weight excluding hydrogens is 246 g/mol. The van der Waals surface area contributed by atoms with E-state index in [0.29, 0.717) is 0 Å². The number of benzene rings is 1. The molecule has 0 bridgehead atoms. The number of nitrogens with zero attached hydrogens (tertiary/aromatic N) is 2. The molecule has 1 aromatic heterocycles. The van der Waals surface area contributed by atoms with Gasteiger partial charge in [0.2, 0.25) is 0 Å². The Bertz CT molecular complexity index is 555. The van der Waals surface area contributed by atoms with E-state index in [-0.39, 0.29) is 0 Å². The van der Waals surface area contributed by atoms with Crippen molar-refractivity contribution in [2.45, 2.75) is 33.1 Å². The van der Waals surface area contributed by atoms with Gasteiger partial charge in [0.05, 0.1) is 11.4 Å². The minimum Gasteiger partial charge on any atom is -0.311 e. The van der Waals surface area contributed by atoms with Crippen molar-refractivity contribution in [2.75, 3.05) is 6.54 Å². The summed E-state index contributed by atoms with van der Waals surface area (Å²) < 4.78 is 0. The van der Waals surface area contributed by atoms with Crippen LogP contribution in [0.2, 0.25) is 0 Å². The molecule has 0 unspecified atom stereocenters. The van der Waals surface area contributed by atoms with Gasteiger partial charge in [-0.2, -0.15) is 0 Å². The highest BCUT2D eigenvalue weighted by molar-refractivity contribution is 5.30. The molecule has 0 spiro atoms. The standard InChI is InChI=1S/C17H21N3/c1-2-18-10-16-8-5-9-17(19-16)13-20-11-14-6-3-4-7-15(14)12-20/h3-9,18H,2,10-13H2,1H3. The van der Waals surface area contributed by atoms with E-state index in [1.54, 1.807) is 0 Å². The minimum absolute atomic E-state index is 0.852. The van der Waals surface area contributed by atoms with Crippen LogP contribution in [0.4, 0.5) is 0 Å². The van der Waals surface area contributed by atoms with Crippen LogP contribution in [0.1, 0.15) is 29.4 Å². The van der Waals surface area contributed by atoms with Gasteiger partial charge in [0, 0.05) is 26.2 Å². The third-order valence-corrected chi connectivity index (χ3v) is 3.71. The van der Waals surface area contributed by atoms with Crippen molar-refractivity contribution in [1.82, 2.24) is 15.2 Å². The van der Waals surface area contributed by atoms with Gasteiger partial charge in [0.25, 0.3) is 0 Å². The zero-order valence-corrected chi connectivity index (χ0v) is 12.0. The van der Waals surface area contributed by atoms with Gasteiger partial charge < -0.3 is 5.32 Å². The summed E-state index contributed by atoms with van der Waals surface area (Å²) in [5.41, 5.74) is 5.20. The second kappa shape index (κ2) is 6.16. The van der Waals surface area contributed by atoms with Crippen molar-refractivity contribution in [3.63, 3.8) is 0 Å². The third kappa shape index (κ3) is 3.06. The molecule has 0 saturated heterocycles. The number of hydrogen-bond acceptors (Lipinski definition) is 3. The lowest BCUT2D eigenvalue weighted by atomic mass is 10.1. The number of aromatic nitrogens is 1. The van der Waals surface area contributed by atoms with Crippen molar-refractivity contribution in [3.05, 3.63) is 65.0 Å². The lowest BCUT2D eigenvalue weighted by molar-refractivity contribution is 0.272. The van der Waals surface area contributed by atoms with E-state index in [0.717, 1.165) is 44.1 Å². The maximum Gasteiger partial charge on any atom is 0.0548 e. The smallest absolute Gasteiger partial charge is 0.0548 e. The summed E-state index contributed by atoms with van der Waals surface area (Å²) >= 11 is 0. The fourth-order valence-electron chi connectivity index (χ4n) is 2.71. The third-order valence-electron chi connectivity index (χ3n) is 3.71. The first-order valence-electron chi connectivity index (χ1n) is 7.30. The van der Waals surface area contributed by atoms with Crippen molar-refractivity contribution in [2.24, 2.45) is 0 Å². The number of rotatable bonds is 5. The van der Waals surface area contributed by atoms with Crippen LogP contribution in [-0.4, -0.2) is 16.4 Å². The fraction of sp³-hybridized carbons (Fsp3) is 0.353. The Morgan fingerprint density at radius 2 is 1.70 bits per heavy atom. The largest absolute Gasteiger partial charge is 0.311 e. The monoisotopic (exact) mass is 267 g/mol. The lowest BCUT2D eigenvalue weighted by Gasteiger charge is -2.14. The highest BCUT2D eigenvalue weighted by Gasteiger charge is 2.18. The number of pyridine rings is 1. The summed E-state index contributed by atoms with van der Waals surface area (Å²) in [6.45, 7) is 6.95. The molecule has 1 aromatic carbocycles. The topological polar surface area (TPSA) is 28.2 Å². The Balaban J connectivity index is 1.64. The van der Waals surface area contributed by atoms with E-state index < -0.39 is 0 Å². The predicted octanol–water partition coefficient (Wildman–Crippen LogP) is 2.71. The Labute approximate surface area is 120 Å². The van der Waals surface area contributed by atoms with Crippen molar-refractivity contribution < 1.29 is 0 Å². The van der Waals surface area contributed by atoms with Crippen LogP contribution in [0.25, 0.3) is 0 Å². The van der Waals surface area contributed by atoms with Crippen molar-refractivity contribution >= 4 is 0 Å². The molecule has 1 aliphatic heterocycles. The van der Waals surface area contributed by atoms with E-state index in [1.807, 2.05) is 0 Å². The summed E-state index contributed by atoms with van der Waals surface area (Å²) in [6.07, 6.45) is 0. The van der Waals surface area contributed by atoms with Gasteiger partial charge >= 0.3 is 0 Å². The Hall–Kier alpha value is -1.71. The first kappa shape index (κ1) is 13.3. The van der Waals surface area contributed by atoms with Crippen LogP contribution < -0.4 is 5.32 Å². The maximum absolute atomic E-state index is 4.73. The number of fused-ring (bicyclic) bond motifs is 1. The van der Waals surface area contributed by atoms with Gasteiger partial charge in [-0.25, -0.2) is 0 Å². The SMILES string of the molecule is CCNCc1cccc(CN2Cc3ccccc3C2)n1. The predicted molar refractivity (Wildman–Crippen MR) is 81.0 cm³/mol. The van der Waals surface area contributed by atoms with Crippen LogP contribution in [0.3, 0.4) is 0 Å². The molecule has 2 aromatic rings. The summed E-state index contributed by atoms with van der Waals surface area (Å²) in [7, 11) is 0. The zero-order valence-electron chi connectivity index (χ0n) is 12.0. The van der Waals surface area contributed by atoms with Gasteiger partial charge in [-0.15, -0.1) is 0 Å². The van der Waals surface area contributed by atoms with E-state index in [9.17, 15) is 0 Å². The van der Waals surface area contributed by atoms with Gasteiger partial charge in [-0.3, -0.25) is 9.88 Å². The average molecular weight is 267 g/mol. The summed E-state index contributed by atoms with van der Waals surface area (Å²) in [4.78, 5) is 7.18. The first-order valence-corrected chi connectivity index (χ1v) is 7.30. The highest BCUT2D eigenvalue weighted by atomic mass is 15.1. The van der Waals surface area contributed by atoms with E-state index in [1.165, 1.54) is 11.1 Å². The van der Waals surface area contributed by atoms with Gasteiger partial charge in [-0.05, 0) is 29.8 Å². The van der Waals surface area contributed by atoms with Crippen molar-refractivity contribution in [1.29, 1.82) is 0 Å². The van der Waals surface area contributed by atoms with Crippen LogP contribution in [0, 0.1) is 0 Å². The Morgan fingerprint density at radius 3 is 2.40 bits per heavy atom. The molecular formula is C17H21N3. The highest BCUT2D eigenvalue weighted by Crippen LogP contribution is 2.23. The van der Waals surface area contributed by atoms with Gasteiger partial charge in [0.1, 0.15) is 0 Å². The molecule has 1 aliphatic rings. The Kier molecular flexibility index (Phi) is 4.09.